The Labute approximate surface area is 113 Å². The highest BCUT2D eigenvalue weighted by molar-refractivity contribution is 5.96. The third-order valence-corrected chi connectivity index (χ3v) is 3.97. The van der Waals surface area contributed by atoms with Gasteiger partial charge in [0.2, 0.25) is 0 Å². The number of para-hydroxylation sites is 1. The first kappa shape index (κ1) is 12.5. The van der Waals surface area contributed by atoms with Crippen molar-refractivity contribution in [1.29, 1.82) is 0 Å². The van der Waals surface area contributed by atoms with Gasteiger partial charge < -0.3 is 15.3 Å². The van der Waals surface area contributed by atoms with Gasteiger partial charge in [-0.2, -0.15) is 0 Å². The van der Waals surface area contributed by atoms with Crippen LogP contribution in [0.5, 0.6) is 5.75 Å². The molecule has 1 aromatic rings. The van der Waals surface area contributed by atoms with Crippen LogP contribution in [0.4, 0.5) is 0 Å². The lowest BCUT2D eigenvalue weighted by Gasteiger charge is -2.16. The molecule has 1 amide bonds. The summed E-state index contributed by atoms with van der Waals surface area (Å²) in [6.07, 6.45) is 3.74. The van der Waals surface area contributed by atoms with Crippen molar-refractivity contribution in [1.82, 2.24) is 10.2 Å². The number of hydrogen-bond donors (Lipinski definition) is 2. The van der Waals surface area contributed by atoms with Crippen molar-refractivity contribution in [3.05, 3.63) is 29.8 Å². The topological polar surface area (TPSA) is 52.6 Å². The molecule has 2 N–H and O–H groups in total. The number of hydrogen-bond acceptors (Lipinski definition) is 3. The number of benzene rings is 1. The van der Waals surface area contributed by atoms with E-state index in [0.717, 1.165) is 25.4 Å². The van der Waals surface area contributed by atoms with Crippen LogP contribution in [0.25, 0.3) is 0 Å². The molecule has 19 heavy (non-hydrogen) atoms. The molecule has 1 saturated heterocycles. The molecule has 4 heteroatoms. The number of phenolic OH excluding ortho intramolecular Hbond substituents is 1. The monoisotopic (exact) mass is 260 g/mol. The molecule has 0 aromatic heterocycles. The van der Waals surface area contributed by atoms with Gasteiger partial charge >= 0.3 is 0 Å². The molecule has 1 aliphatic carbocycles. The molecular weight excluding hydrogens is 240 g/mol. The van der Waals surface area contributed by atoms with Crippen LogP contribution in [0.3, 0.4) is 0 Å². The molecule has 2 fully saturated rings. The van der Waals surface area contributed by atoms with E-state index in [4.69, 9.17) is 0 Å². The zero-order valence-corrected chi connectivity index (χ0v) is 11.0. The predicted octanol–water partition coefficient (Wildman–Crippen LogP) is 1.61. The summed E-state index contributed by atoms with van der Waals surface area (Å²) < 4.78 is 0. The van der Waals surface area contributed by atoms with Crippen molar-refractivity contribution in [2.24, 2.45) is 5.92 Å². The van der Waals surface area contributed by atoms with E-state index in [9.17, 15) is 9.90 Å². The Morgan fingerprint density at radius 1 is 1.32 bits per heavy atom. The van der Waals surface area contributed by atoms with Gasteiger partial charge in [-0.1, -0.05) is 12.1 Å². The predicted molar refractivity (Wildman–Crippen MR) is 73.1 cm³/mol. The van der Waals surface area contributed by atoms with Crippen LogP contribution in [0.2, 0.25) is 0 Å². The molecule has 0 radical (unpaired) electrons. The first-order valence-corrected chi connectivity index (χ1v) is 7.03. The lowest BCUT2D eigenvalue weighted by molar-refractivity contribution is 0.0935. The molecule has 1 aliphatic heterocycles. The first-order chi connectivity index (χ1) is 9.22. The zero-order chi connectivity index (χ0) is 13.2. The van der Waals surface area contributed by atoms with Crippen molar-refractivity contribution in [3.8, 4) is 5.75 Å². The summed E-state index contributed by atoms with van der Waals surface area (Å²) >= 11 is 0. The average molecular weight is 260 g/mol. The highest BCUT2D eigenvalue weighted by Gasteiger charge is 2.30. The van der Waals surface area contributed by atoms with Crippen LogP contribution in [0.15, 0.2) is 24.3 Å². The van der Waals surface area contributed by atoms with Crippen LogP contribution >= 0.6 is 0 Å². The van der Waals surface area contributed by atoms with Crippen molar-refractivity contribution in [2.75, 3.05) is 19.6 Å². The summed E-state index contributed by atoms with van der Waals surface area (Å²) in [6, 6.07) is 6.90. The fourth-order valence-corrected chi connectivity index (χ4v) is 2.71. The second-order valence-electron chi connectivity index (χ2n) is 5.68. The molecule has 1 atom stereocenters. The summed E-state index contributed by atoms with van der Waals surface area (Å²) in [4.78, 5) is 14.5. The molecule has 2 aliphatic rings. The maximum atomic E-state index is 12.1. The Morgan fingerprint density at radius 3 is 2.84 bits per heavy atom. The zero-order valence-electron chi connectivity index (χ0n) is 11.0. The van der Waals surface area contributed by atoms with E-state index in [1.165, 1.54) is 19.4 Å². The largest absolute Gasteiger partial charge is 0.507 e. The smallest absolute Gasteiger partial charge is 0.255 e. The van der Waals surface area contributed by atoms with Crippen molar-refractivity contribution >= 4 is 5.91 Å². The lowest BCUT2D eigenvalue weighted by atomic mass is 10.1. The number of nitrogens with one attached hydrogen (secondary N) is 1. The maximum Gasteiger partial charge on any atom is 0.255 e. The second kappa shape index (κ2) is 5.21. The Kier molecular flexibility index (Phi) is 3.42. The minimum atomic E-state index is -0.170. The van der Waals surface area contributed by atoms with E-state index < -0.39 is 0 Å². The summed E-state index contributed by atoms with van der Waals surface area (Å²) in [5, 5.41) is 12.7. The third-order valence-electron chi connectivity index (χ3n) is 3.97. The fourth-order valence-electron chi connectivity index (χ4n) is 2.71. The Hall–Kier alpha value is -1.55. The van der Waals surface area contributed by atoms with Crippen LogP contribution in [-0.4, -0.2) is 41.6 Å². The van der Waals surface area contributed by atoms with E-state index in [-0.39, 0.29) is 17.7 Å². The molecule has 102 valence electrons. The molecule has 0 spiro atoms. The van der Waals surface area contributed by atoms with Gasteiger partial charge in [0.05, 0.1) is 5.56 Å². The van der Waals surface area contributed by atoms with Gasteiger partial charge in [-0.15, -0.1) is 0 Å². The normalized spacial score (nSPS) is 23.5. The number of nitrogens with zero attached hydrogens (tertiary/aromatic N) is 1. The van der Waals surface area contributed by atoms with Crippen molar-refractivity contribution in [2.45, 2.75) is 25.3 Å². The van der Waals surface area contributed by atoms with Crippen LogP contribution < -0.4 is 5.32 Å². The molecule has 1 aromatic carbocycles. The summed E-state index contributed by atoms with van der Waals surface area (Å²) in [6.45, 7) is 3.20. The number of likely N-dealkylation sites (tertiary alicyclic amines) is 1. The minimum absolute atomic E-state index is 0.0489. The van der Waals surface area contributed by atoms with Gasteiger partial charge in [-0.05, 0) is 37.3 Å². The maximum absolute atomic E-state index is 12.1. The highest BCUT2D eigenvalue weighted by atomic mass is 16.3. The van der Waals surface area contributed by atoms with Crippen LogP contribution in [-0.2, 0) is 0 Å². The number of aromatic hydroxyl groups is 1. The standard InChI is InChI=1S/C15H20N2O2/c18-14-4-2-1-3-13(14)15(19)16-12-7-8-17(10-12)9-11-5-6-11/h1-4,11-12,18H,5-10H2,(H,16,19)/t12-/m0/s1. The molecule has 1 saturated carbocycles. The van der Waals surface area contributed by atoms with Gasteiger partial charge in [-0.25, -0.2) is 0 Å². The van der Waals surface area contributed by atoms with Gasteiger partial charge in [0.25, 0.3) is 5.91 Å². The SMILES string of the molecule is O=C(N[C@H]1CCN(CC2CC2)C1)c1ccccc1O. The quantitative estimate of drug-likeness (QED) is 0.864. The summed E-state index contributed by atoms with van der Waals surface area (Å²) in [5.41, 5.74) is 0.364. The Bertz CT molecular complexity index is 471. The Morgan fingerprint density at radius 2 is 2.11 bits per heavy atom. The molecule has 1 heterocycles. The molecule has 0 bridgehead atoms. The van der Waals surface area contributed by atoms with E-state index in [0.29, 0.717) is 5.56 Å². The number of carbonyl (C=O) groups excluding carboxylic acids is 1. The number of carbonyl (C=O) groups is 1. The van der Waals surface area contributed by atoms with Gasteiger partial charge in [0, 0.05) is 25.7 Å². The van der Waals surface area contributed by atoms with E-state index in [1.807, 2.05) is 0 Å². The van der Waals surface area contributed by atoms with Crippen LogP contribution in [0.1, 0.15) is 29.6 Å². The summed E-state index contributed by atoms with van der Waals surface area (Å²) in [7, 11) is 0. The second-order valence-corrected chi connectivity index (χ2v) is 5.68. The van der Waals surface area contributed by atoms with Crippen molar-refractivity contribution < 1.29 is 9.90 Å². The molecular formula is C15H20N2O2. The average Bonchev–Trinajstić information content (AvgIpc) is 3.09. The molecule has 0 unspecified atom stereocenters. The first-order valence-electron chi connectivity index (χ1n) is 7.03. The lowest BCUT2D eigenvalue weighted by Crippen LogP contribution is -2.37. The van der Waals surface area contributed by atoms with Crippen LogP contribution in [0, 0.1) is 5.92 Å². The van der Waals surface area contributed by atoms with Gasteiger partial charge in [0.1, 0.15) is 5.75 Å². The van der Waals surface area contributed by atoms with E-state index in [1.54, 1.807) is 24.3 Å². The van der Waals surface area contributed by atoms with Crippen molar-refractivity contribution in [3.63, 3.8) is 0 Å². The fraction of sp³-hybridized carbons (Fsp3) is 0.533. The summed E-state index contributed by atoms with van der Waals surface area (Å²) in [5.74, 6) is 0.775. The number of phenols is 1. The van der Waals surface area contributed by atoms with Gasteiger partial charge in [0.15, 0.2) is 0 Å². The number of amides is 1. The van der Waals surface area contributed by atoms with E-state index >= 15 is 0 Å². The molecule has 4 nitrogen and oxygen atoms in total. The number of rotatable bonds is 4. The minimum Gasteiger partial charge on any atom is -0.507 e. The third kappa shape index (κ3) is 3.07. The highest BCUT2D eigenvalue weighted by Crippen LogP contribution is 2.30. The van der Waals surface area contributed by atoms with E-state index in [2.05, 4.69) is 10.2 Å². The Balaban J connectivity index is 1.54. The van der Waals surface area contributed by atoms with Gasteiger partial charge in [-0.3, -0.25) is 4.79 Å². The molecule has 3 rings (SSSR count).